The molecular weight excluding hydrogens is 390 g/mol. The van der Waals surface area contributed by atoms with Gasteiger partial charge in [-0.2, -0.15) is 0 Å². The summed E-state index contributed by atoms with van der Waals surface area (Å²) in [6.45, 7) is 1.00. The Morgan fingerprint density at radius 1 is 1.17 bits per heavy atom. The Balaban J connectivity index is 1.33. The summed E-state index contributed by atoms with van der Waals surface area (Å²) in [5.74, 6) is 0.824. The van der Waals surface area contributed by atoms with Gasteiger partial charge in [0.05, 0.1) is 12.1 Å². The number of carbonyl (C=O) groups excluding carboxylic acids is 1. The molecule has 0 spiro atoms. The first-order chi connectivity index (χ1) is 14.6. The van der Waals surface area contributed by atoms with Crippen molar-refractivity contribution < 1.29 is 22.7 Å². The Bertz CT molecular complexity index is 1000. The lowest BCUT2D eigenvalue weighted by Crippen LogP contribution is -2.41. The predicted octanol–water partition coefficient (Wildman–Crippen LogP) is 4.33. The van der Waals surface area contributed by atoms with Crippen molar-refractivity contribution in [2.75, 3.05) is 19.7 Å². The molecule has 1 aliphatic heterocycles. The molecule has 1 unspecified atom stereocenters. The van der Waals surface area contributed by atoms with Crippen molar-refractivity contribution in [2.24, 2.45) is 0 Å². The number of ether oxygens (including phenoxy) is 1. The number of nitrogens with zero attached hydrogens (tertiary/aromatic N) is 2. The third-order valence-electron chi connectivity index (χ3n) is 5.14. The number of piperidine rings is 1. The van der Waals surface area contributed by atoms with E-state index >= 15 is 0 Å². The van der Waals surface area contributed by atoms with Crippen LogP contribution in [-0.2, 0) is 11.2 Å². The number of amides is 1. The van der Waals surface area contributed by atoms with Gasteiger partial charge in [0.25, 0.3) is 5.91 Å². The van der Waals surface area contributed by atoms with Crippen LogP contribution < -0.4 is 4.74 Å². The van der Waals surface area contributed by atoms with Crippen molar-refractivity contribution in [1.29, 1.82) is 0 Å². The lowest BCUT2D eigenvalue weighted by molar-refractivity contribution is -0.134. The molecule has 2 aromatic carbocycles. The van der Waals surface area contributed by atoms with Gasteiger partial charge in [-0.1, -0.05) is 18.2 Å². The summed E-state index contributed by atoms with van der Waals surface area (Å²) in [5.41, 5.74) is 0.939. The fraction of sp³-hybridized carbons (Fsp3) is 0.304. The number of rotatable bonds is 6. The van der Waals surface area contributed by atoms with Crippen LogP contribution >= 0.6 is 0 Å². The molecule has 1 atom stereocenters. The molecule has 1 aliphatic rings. The first-order valence-corrected chi connectivity index (χ1v) is 9.92. The third kappa shape index (κ3) is 5.03. The van der Waals surface area contributed by atoms with Crippen LogP contribution in [-0.4, -0.2) is 35.5 Å². The highest BCUT2D eigenvalue weighted by Crippen LogP contribution is 2.27. The fourth-order valence-electron chi connectivity index (χ4n) is 3.59. The minimum Gasteiger partial charge on any atom is -0.484 e. The summed E-state index contributed by atoms with van der Waals surface area (Å²) in [4.78, 5) is 18.7. The highest BCUT2D eigenvalue weighted by molar-refractivity contribution is 5.78. The number of likely N-dealkylation sites (tertiary alicyclic amines) is 1. The van der Waals surface area contributed by atoms with E-state index in [4.69, 9.17) is 9.15 Å². The molecule has 0 saturated carbocycles. The Morgan fingerprint density at radius 3 is 2.80 bits per heavy atom. The van der Waals surface area contributed by atoms with Crippen LogP contribution in [0.4, 0.5) is 8.78 Å². The molecule has 1 saturated heterocycles. The van der Waals surface area contributed by atoms with Crippen LogP contribution in [0.3, 0.4) is 0 Å². The first kappa shape index (κ1) is 20.1. The second kappa shape index (κ2) is 9.07. The maximum Gasteiger partial charge on any atom is 0.260 e. The zero-order chi connectivity index (χ0) is 20.9. The van der Waals surface area contributed by atoms with Gasteiger partial charge in [0.1, 0.15) is 23.1 Å². The van der Waals surface area contributed by atoms with E-state index in [1.54, 1.807) is 29.3 Å². The normalized spacial score (nSPS) is 16.5. The predicted molar refractivity (Wildman–Crippen MR) is 106 cm³/mol. The number of oxazole rings is 1. The van der Waals surface area contributed by atoms with Gasteiger partial charge in [0, 0.05) is 25.6 Å². The minimum absolute atomic E-state index is 0.0128. The lowest BCUT2D eigenvalue weighted by Gasteiger charge is -2.31. The van der Waals surface area contributed by atoms with E-state index in [1.165, 1.54) is 30.3 Å². The van der Waals surface area contributed by atoms with Gasteiger partial charge in [0.15, 0.2) is 12.5 Å². The SMILES string of the molecule is O=C(COc1cccc(F)c1)N1CCCC(c2ncc(Cc3ccc(F)cc3)o2)C1. The van der Waals surface area contributed by atoms with E-state index in [-0.39, 0.29) is 24.2 Å². The molecule has 156 valence electrons. The third-order valence-corrected chi connectivity index (χ3v) is 5.14. The number of benzene rings is 2. The van der Waals surface area contributed by atoms with Crippen LogP contribution in [0.25, 0.3) is 0 Å². The molecule has 1 aromatic heterocycles. The molecule has 0 aliphatic carbocycles. The summed E-state index contributed by atoms with van der Waals surface area (Å²) >= 11 is 0. The summed E-state index contributed by atoms with van der Waals surface area (Å²) < 4.78 is 37.6. The first-order valence-electron chi connectivity index (χ1n) is 9.92. The second-order valence-electron chi connectivity index (χ2n) is 7.39. The highest BCUT2D eigenvalue weighted by atomic mass is 19.1. The Labute approximate surface area is 173 Å². The van der Waals surface area contributed by atoms with E-state index < -0.39 is 5.82 Å². The van der Waals surface area contributed by atoms with Gasteiger partial charge in [-0.15, -0.1) is 0 Å². The Morgan fingerprint density at radius 2 is 2.00 bits per heavy atom. The second-order valence-corrected chi connectivity index (χ2v) is 7.39. The molecule has 1 amide bonds. The molecule has 7 heteroatoms. The zero-order valence-corrected chi connectivity index (χ0v) is 16.4. The largest absolute Gasteiger partial charge is 0.484 e. The van der Waals surface area contributed by atoms with E-state index in [9.17, 15) is 13.6 Å². The summed E-state index contributed by atoms with van der Waals surface area (Å²) in [6.07, 6.45) is 3.94. The molecule has 1 fully saturated rings. The van der Waals surface area contributed by atoms with E-state index in [0.29, 0.717) is 36.9 Å². The lowest BCUT2D eigenvalue weighted by atomic mass is 9.98. The van der Waals surface area contributed by atoms with Gasteiger partial charge >= 0.3 is 0 Å². The number of carbonyl (C=O) groups is 1. The van der Waals surface area contributed by atoms with Crippen molar-refractivity contribution in [3.63, 3.8) is 0 Å². The quantitative estimate of drug-likeness (QED) is 0.605. The van der Waals surface area contributed by atoms with Crippen molar-refractivity contribution in [3.8, 4) is 5.75 Å². The standard InChI is InChI=1S/C23H22F2N2O3/c24-18-8-6-16(7-9-18)11-21-13-26-23(30-21)17-3-2-10-27(14-17)22(28)15-29-20-5-1-4-19(25)12-20/h1,4-9,12-13,17H,2-3,10-11,14-15H2. The zero-order valence-electron chi connectivity index (χ0n) is 16.4. The van der Waals surface area contributed by atoms with Crippen molar-refractivity contribution >= 4 is 5.91 Å². The van der Waals surface area contributed by atoms with Crippen LogP contribution in [0.5, 0.6) is 5.75 Å². The van der Waals surface area contributed by atoms with Gasteiger partial charge in [-0.3, -0.25) is 4.79 Å². The molecule has 30 heavy (non-hydrogen) atoms. The van der Waals surface area contributed by atoms with Crippen molar-refractivity contribution in [2.45, 2.75) is 25.2 Å². The molecule has 2 heterocycles. The Kier molecular flexibility index (Phi) is 6.07. The Hall–Kier alpha value is -3.22. The molecule has 5 nitrogen and oxygen atoms in total. The summed E-state index contributed by atoms with van der Waals surface area (Å²) in [6, 6.07) is 12.0. The molecule has 0 bridgehead atoms. The van der Waals surface area contributed by atoms with Crippen molar-refractivity contribution in [3.05, 3.63) is 83.6 Å². The smallest absolute Gasteiger partial charge is 0.260 e. The number of hydrogen-bond acceptors (Lipinski definition) is 4. The highest BCUT2D eigenvalue weighted by Gasteiger charge is 2.28. The number of aromatic nitrogens is 1. The number of halogens is 2. The monoisotopic (exact) mass is 412 g/mol. The van der Waals surface area contributed by atoms with Crippen LogP contribution in [0.1, 0.15) is 36.0 Å². The minimum atomic E-state index is -0.404. The summed E-state index contributed by atoms with van der Waals surface area (Å²) in [5, 5.41) is 0. The van der Waals surface area contributed by atoms with E-state index in [1.807, 2.05) is 0 Å². The average molecular weight is 412 g/mol. The topological polar surface area (TPSA) is 55.6 Å². The van der Waals surface area contributed by atoms with Crippen LogP contribution in [0.2, 0.25) is 0 Å². The average Bonchev–Trinajstić information content (AvgIpc) is 3.22. The van der Waals surface area contributed by atoms with Gasteiger partial charge < -0.3 is 14.1 Å². The molecule has 4 rings (SSSR count). The number of hydrogen-bond donors (Lipinski definition) is 0. The molecular formula is C23H22F2N2O3. The van der Waals surface area contributed by atoms with Crippen LogP contribution in [0.15, 0.2) is 59.1 Å². The summed E-state index contributed by atoms with van der Waals surface area (Å²) in [7, 11) is 0. The fourth-order valence-corrected chi connectivity index (χ4v) is 3.59. The van der Waals surface area contributed by atoms with Gasteiger partial charge in [-0.05, 0) is 42.7 Å². The van der Waals surface area contributed by atoms with Crippen LogP contribution in [0, 0.1) is 11.6 Å². The van der Waals surface area contributed by atoms with E-state index in [0.717, 1.165) is 18.4 Å². The maximum absolute atomic E-state index is 13.2. The molecule has 3 aromatic rings. The van der Waals surface area contributed by atoms with Gasteiger partial charge in [-0.25, -0.2) is 13.8 Å². The van der Waals surface area contributed by atoms with Crippen molar-refractivity contribution in [1.82, 2.24) is 9.88 Å². The molecule has 0 radical (unpaired) electrons. The maximum atomic E-state index is 13.2. The molecule has 0 N–H and O–H groups in total. The van der Waals surface area contributed by atoms with E-state index in [2.05, 4.69) is 4.98 Å². The van der Waals surface area contributed by atoms with Gasteiger partial charge in [0.2, 0.25) is 0 Å².